The Kier molecular flexibility index (Phi) is 1.52. The fourth-order valence-electron chi connectivity index (χ4n) is 1.80. The summed E-state index contributed by atoms with van der Waals surface area (Å²) in [5.41, 5.74) is 2.56. The van der Waals surface area contributed by atoms with Crippen LogP contribution in [0.4, 0.5) is 0 Å². The van der Waals surface area contributed by atoms with Crippen molar-refractivity contribution in [1.82, 2.24) is 4.98 Å². The molecule has 1 aliphatic rings. The van der Waals surface area contributed by atoms with Crippen LogP contribution in [0, 0.1) is 0 Å². The summed E-state index contributed by atoms with van der Waals surface area (Å²) < 4.78 is 0. The minimum atomic E-state index is -0.691. The zero-order valence-electron chi connectivity index (χ0n) is 7.46. The van der Waals surface area contributed by atoms with Crippen LogP contribution in [0.3, 0.4) is 0 Å². The number of nitrogens with zero attached hydrogens (tertiary/aromatic N) is 1. The van der Waals surface area contributed by atoms with Crippen LogP contribution in [0.1, 0.15) is 24.6 Å². The van der Waals surface area contributed by atoms with Gasteiger partial charge in [-0.15, -0.1) is 0 Å². The van der Waals surface area contributed by atoms with E-state index in [1.165, 1.54) is 11.0 Å². The lowest BCUT2D eigenvalue weighted by Crippen LogP contribution is -2.19. The van der Waals surface area contributed by atoms with Gasteiger partial charge < -0.3 is 5.11 Å². The highest BCUT2D eigenvalue weighted by Gasteiger charge is 2.33. The maximum atomic E-state index is 9.88. The highest BCUT2D eigenvalue weighted by molar-refractivity contribution is 6.32. The fourth-order valence-corrected chi connectivity index (χ4v) is 1.80. The van der Waals surface area contributed by atoms with Crippen molar-refractivity contribution < 1.29 is 5.11 Å². The fraction of sp³-hybridized carbons (Fsp3) is 0.444. The molecule has 3 heteroatoms. The predicted octanol–water partition coefficient (Wildman–Crippen LogP) is -0.506. The van der Waals surface area contributed by atoms with E-state index in [1.807, 2.05) is 21.0 Å². The Balaban J connectivity index is 2.55. The van der Waals surface area contributed by atoms with Crippen LogP contribution in [0.15, 0.2) is 12.3 Å². The zero-order chi connectivity index (χ0) is 8.77. The lowest BCUT2D eigenvalue weighted by Gasteiger charge is -2.15. The highest BCUT2D eigenvalue weighted by atomic mass is 16.3. The molecule has 0 bridgehead atoms. The Bertz CT molecular complexity index is 322. The number of pyridine rings is 1. The second kappa shape index (κ2) is 2.33. The van der Waals surface area contributed by atoms with E-state index in [1.54, 1.807) is 0 Å². The van der Waals surface area contributed by atoms with Crippen LogP contribution in [-0.4, -0.2) is 17.9 Å². The SMILES string of the molecule is Bc1cnc2c(c1)CCC2(C)O. The zero-order valence-corrected chi connectivity index (χ0v) is 7.46. The van der Waals surface area contributed by atoms with E-state index in [-0.39, 0.29) is 0 Å². The van der Waals surface area contributed by atoms with E-state index in [2.05, 4.69) is 11.1 Å². The van der Waals surface area contributed by atoms with Gasteiger partial charge in [0.05, 0.1) is 5.69 Å². The molecule has 1 atom stereocenters. The first kappa shape index (κ1) is 7.81. The van der Waals surface area contributed by atoms with Crippen molar-refractivity contribution in [2.45, 2.75) is 25.4 Å². The molecule has 0 aromatic carbocycles. The Morgan fingerprint density at radius 2 is 2.42 bits per heavy atom. The van der Waals surface area contributed by atoms with Gasteiger partial charge in [-0.2, -0.15) is 0 Å². The molecule has 1 N–H and O–H groups in total. The highest BCUT2D eigenvalue weighted by Crippen LogP contribution is 2.33. The summed E-state index contributed by atoms with van der Waals surface area (Å²) in [4.78, 5) is 4.26. The van der Waals surface area contributed by atoms with E-state index < -0.39 is 5.60 Å². The minimum Gasteiger partial charge on any atom is -0.384 e. The molecule has 0 fully saturated rings. The maximum Gasteiger partial charge on any atom is 0.141 e. The van der Waals surface area contributed by atoms with Crippen LogP contribution in [0.5, 0.6) is 0 Å². The third-order valence-electron chi connectivity index (χ3n) is 2.49. The minimum absolute atomic E-state index is 0.691. The molecule has 0 aliphatic heterocycles. The standard InChI is InChI=1S/C9H12BNO/c1-9(12)3-2-6-4-7(10)5-11-8(6)9/h4-5,12H,2-3,10H2,1H3. The normalized spacial score (nSPS) is 27.2. The molecule has 12 heavy (non-hydrogen) atoms. The molecule has 2 nitrogen and oxygen atoms in total. The molecule has 0 saturated carbocycles. The van der Waals surface area contributed by atoms with Crippen LogP contribution < -0.4 is 5.46 Å². The van der Waals surface area contributed by atoms with Gasteiger partial charge in [0.15, 0.2) is 0 Å². The Morgan fingerprint density at radius 1 is 1.67 bits per heavy atom. The van der Waals surface area contributed by atoms with Gasteiger partial charge in [0.25, 0.3) is 0 Å². The van der Waals surface area contributed by atoms with Gasteiger partial charge in [-0.3, -0.25) is 4.98 Å². The van der Waals surface area contributed by atoms with Crippen molar-refractivity contribution in [2.75, 3.05) is 0 Å². The quantitative estimate of drug-likeness (QED) is 0.520. The maximum absolute atomic E-state index is 9.88. The van der Waals surface area contributed by atoms with Crippen LogP contribution in [0.25, 0.3) is 0 Å². The van der Waals surface area contributed by atoms with E-state index in [0.717, 1.165) is 18.5 Å². The lowest BCUT2D eigenvalue weighted by molar-refractivity contribution is 0.0554. The lowest BCUT2D eigenvalue weighted by atomic mass is 9.95. The number of rotatable bonds is 0. The first-order valence-corrected chi connectivity index (χ1v) is 4.28. The first-order valence-electron chi connectivity index (χ1n) is 4.28. The Morgan fingerprint density at radius 3 is 3.17 bits per heavy atom. The average Bonchev–Trinajstić information content (AvgIpc) is 2.27. The van der Waals surface area contributed by atoms with Gasteiger partial charge in [-0.05, 0) is 25.3 Å². The molecular formula is C9H12BNO. The topological polar surface area (TPSA) is 33.1 Å². The number of aromatic nitrogens is 1. The Labute approximate surface area is 73.1 Å². The number of fused-ring (bicyclic) bond motifs is 1. The molecule has 1 heterocycles. The molecule has 1 aromatic heterocycles. The molecular weight excluding hydrogens is 149 g/mol. The summed E-state index contributed by atoms with van der Waals surface area (Å²) >= 11 is 0. The Hall–Kier alpha value is -0.825. The van der Waals surface area contributed by atoms with Gasteiger partial charge in [-0.1, -0.05) is 11.5 Å². The molecule has 0 amide bonds. The molecule has 1 aliphatic carbocycles. The summed E-state index contributed by atoms with van der Waals surface area (Å²) in [6, 6.07) is 2.11. The number of hydrogen-bond acceptors (Lipinski definition) is 2. The van der Waals surface area contributed by atoms with Crippen LogP contribution in [-0.2, 0) is 12.0 Å². The number of hydrogen-bond donors (Lipinski definition) is 1. The van der Waals surface area contributed by atoms with Gasteiger partial charge in [-0.25, -0.2) is 0 Å². The molecule has 0 spiro atoms. The third kappa shape index (κ3) is 1.05. The number of aryl methyl sites for hydroxylation is 1. The molecule has 62 valence electrons. The van der Waals surface area contributed by atoms with Crippen molar-refractivity contribution in [2.24, 2.45) is 0 Å². The van der Waals surface area contributed by atoms with Crippen LogP contribution in [0.2, 0.25) is 0 Å². The largest absolute Gasteiger partial charge is 0.384 e. The summed E-state index contributed by atoms with van der Waals surface area (Å²) in [5.74, 6) is 0. The molecule has 0 saturated heterocycles. The second-order valence-electron chi connectivity index (χ2n) is 3.79. The average molecular weight is 161 g/mol. The van der Waals surface area contributed by atoms with Crippen molar-refractivity contribution in [1.29, 1.82) is 0 Å². The van der Waals surface area contributed by atoms with Crippen molar-refractivity contribution in [3.05, 3.63) is 23.5 Å². The molecule has 2 rings (SSSR count). The monoisotopic (exact) mass is 161 g/mol. The second-order valence-corrected chi connectivity index (χ2v) is 3.79. The van der Waals surface area contributed by atoms with E-state index in [0.29, 0.717) is 0 Å². The van der Waals surface area contributed by atoms with Crippen molar-refractivity contribution in [3.8, 4) is 0 Å². The summed E-state index contributed by atoms with van der Waals surface area (Å²) in [6.07, 6.45) is 3.58. The van der Waals surface area contributed by atoms with Crippen LogP contribution >= 0.6 is 0 Å². The summed E-state index contributed by atoms with van der Waals surface area (Å²) in [5, 5.41) is 9.88. The summed E-state index contributed by atoms with van der Waals surface area (Å²) in [6.45, 7) is 1.83. The van der Waals surface area contributed by atoms with Gasteiger partial charge in [0, 0.05) is 6.20 Å². The van der Waals surface area contributed by atoms with Gasteiger partial charge >= 0.3 is 0 Å². The van der Waals surface area contributed by atoms with E-state index in [9.17, 15) is 5.11 Å². The molecule has 0 radical (unpaired) electrons. The smallest absolute Gasteiger partial charge is 0.141 e. The van der Waals surface area contributed by atoms with E-state index in [4.69, 9.17) is 0 Å². The van der Waals surface area contributed by atoms with Crippen molar-refractivity contribution >= 4 is 13.3 Å². The molecule has 1 unspecified atom stereocenters. The van der Waals surface area contributed by atoms with E-state index >= 15 is 0 Å². The van der Waals surface area contributed by atoms with Gasteiger partial charge in [0.1, 0.15) is 13.4 Å². The summed E-state index contributed by atoms with van der Waals surface area (Å²) in [7, 11) is 2.03. The van der Waals surface area contributed by atoms with Gasteiger partial charge in [0.2, 0.25) is 0 Å². The third-order valence-corrected chi connectivity index (χ3v) is 2.49. The first-order chi connectivity index (χ1) is 5.59. The number of aliphatic hydroxyl groups is 1. The van der Waals surface area contributed by atoms with Crippen molar-refractivity contribution in [3.63, 3.8) is 0 Å². The molecule has 1 aromatic rings. The predicted molar refractivity (Wildman–Crippen MR) is 50.3 cm³/mol.